The van der Waals surface area contributed by atoms with Crippen LogP contribution in [0.2, 0.25) is 0 Å². The van der Waals surface area contributed by atoms with Gasteiger partial charge in [0.2, 0.25) is 0 Å². The molecule has 0 spiro atoms. The minimum Gasteiger partial charge on any atom is -0.382 e. The fraction of sp³-hybridized carbons (Fsp3) is 0.750. The molecular weight excluding hydrogens is 439 g/mol. The zero-order valence-electron chi connectivity index (χ0n) is 15.1. The first-order valence-corrected chi connectivity index (χ1v) is 9.08. The Morgan fingerprint density at radius 2 is 2.08 bits per heavy atom. The van der Waals surface area contributed by atoms with Gasteiger partial charge in [-0.3, -0.25) is 0 Å². The Morgan fingerprint density at radius 1 is 1.29 bits per heavy atom. The number of guanidine groups is 1. The molecule has 0 saturated carbocycles. The number of hydrogen-bond acceptors (Lipinski definition) is 5. The lowest BCUT2D eigenvalue weighted by atomic mass is 10.2. The highest BCUT2D eigenvalue weighted by atomic mass is 127. The molecule has 0 amide bonds. The Morgan fingerprint density at radius 3 is 2.71 bits per heavy atom. The topological polar surface area (TPSA) is 67.8 Å². The summed E-state index contributed by atoms with van der Waals surface area (Å²) in [7, 11) is 1.68. The summed E-state index contributed by atoms with van der Waals surface area (Å²) in [5, 5.41) is 9.73. The molecule has 0 aromatic carbocycles. The summed E-state index contributed by atoms with van der Waals surface area (Å²) in [6, 6.07) is 0. The molecule has 0 bridgehead atoms. The van der Waals surface area contributed by atoms with E-state index < -0.39 is 0 Å². The molecule has 24 heavy (non-hydrogen) atoms. The van der Waals surface area contributed by atoms with Crippen molar-refractivity contribution in [3.63, 3.8) is 0 Å². The van der Waals surface area contributed by atoms with E-state index in [1.54, 1.807) is 18.4 Å². The fourth-order valence-corrected chi connectivity index (χ4v) is 2.66. The molecule has 140 valence electrons. The minimum absolute atomic E-state index is 0. The van der Waals surface area contributed by atoms with Gasteiger partial charge in [0.05, 0.1) is 25.5 Å². The lowest BCUT2D eigenvalue weighted by Crippen LogP contribution is -2.38. The van der Waals surface area contributed by atoms with Crippen molar-refractivity contribution in [3.05, 3.63) is 16.1 Å². The van der Waals surface area contributed by atoms with Crippen LogP contribution in [0.4, 0.5) is 0 Å². The van der Waals surface area contributed by atoms with E-state index in [9.17, 15) is 0 Å². The first kappa shape index (κ1) is 23.5. The summed E-state index contributed by atoms with van der Waals surface area (Å²) in [6.45, 7) is 10.7. The van der Waals surface area contributed by atoms with Gasteiger partial charge in [0.15, 0.2) is 5.96 Å². The number of aromatic nitrogens is 1. The number of methoxy groups -OCH3 is 1. The van der Waals surface area contributed by atoms with Crippen LogP contribution in [-0.4, -0.2) is 51.0 Å². The molecule has 0 aliphatic carbocycles. The largest absolute Gasteiger partial charge is 0.382 e. The molecule has 1 heterocycles. The van der Waals surface area contributed by atoms with Crippen LogP contribution in [0.5, 0.6) is 0 Å². The lowest BCUT2D eigenvalue weighted by Gasteiger charge is -2.11. The van der Waals surface area contributed by atoms with Crippen molar-refractivity contribution in [1.82, 2.24) is 15.6 Å². The SMILES string of the molecule is CCNC(=NCc1nc(C(C)C)cs1)NCCCOCCOC.I. The third-order valence-electron chi connectivity index (χ3n) is 3.07. The van der Waals surface area contributed by atoms with Crippen molar-refractivity contribution in [1.29, 1.82) is 0 Å². The summed E-state index contributed by atoms with van der Waals surface area (Å²) in [5.41, 5.74) is 1.14. The van der Waals surface area contributed by atoms with Crippen LogP contribution in [0.3, 0.4) is 0 Å². The normalized spacial score (nSPS) is 11.5. The van der Waals surface area contributed by atoms with Crippen LogP contribution in [0.25, 0.3) is 0 Å². The number of rotatable bonds is 11. The van der Waals surface area contributed by atoms with Gasteiger partial charge in [-0.1, -0.05) is 13.8 Å². The van der Waals surface area contributed by atoms with E-state index in [2.05, 4.69) is 46.8 Å². The summed E-state index contributed by atoms with van der Waals surface area (Å²) < 4.78 is 10.4. The molecular formula is C16H31IN4O2S. The molecule has 0 unspecified atom stereocenters. The molecule has 8 heteroatoms. The van der Waals surface area contributed by atoms with Crippen LogP contribution < -0.4 is 10.6 Å². The summed E-state index contributed by atoms with van der Waals surface area (Å²) in [5.74, 6) is 1.29. The molecule has 6 nitrogen and oxygen atoms in total. The number of aliphatic imine (C=N–C) groups is 1. The molecule has 1 rings (SSSR count). The first-order valence-electron chi connectivity index (χ1n) is 8.20. The Kier molecular flexibility index (Phi) is 14.6. The number of nitrogens with zero attached hydrogens (tertiary/aromatic N) is 2. The molecule has 0 aliphatic heterocycles. The average Bonchev–Trinajstić information content (AvgIpc) is 3.01. The standard InChI is InChI=1S/C16H30N4O2S.HI/c1-5-17-16(18-7-6-8-22-10-9-21-4)19-11-15-20-14(12-23-15)13(2)3;/h12-13H,5-11H2,1-4H3,(H2,17,18,19);1H. The zero-order valence-corrected chi connectivity index (χ0v) is 18.3. The number of hydrogen-bond donors (Lipinski definition) is 2. The van der Waals surface area contributed by atoms with Crippen molar-refractivity contribution < 1.29 is 9.47 Å². The van der Waals surface area contributed by atoms with E-state index in [1.165, 1.54) is 0 Å². The van der Waals surface area contributed by atoms with Crippen LogP contribution in [-0.2, 0) is 16.0 Å². The third kappa shape index (κ3) is 10.4. The van der Waals surface area contributed by atoms with Crippen molar-refractivity contribution in [2.75, 3.05) is 40.0 Å². The molecule has 1 aromatic rings. The molecule has 0 saturated heterocycles. The van der Waals surface area contributed by atoms with Crippen molar-refractivity contribution >= 4 is 41.3 Å². The van der Waals surface area contributed by atoms with E-state index in [1.807, 2.05) is 0 Å². The van der Waals surface area contributed by atoms with Gasteiger partial charge >= 0.3 is 0 Å². The van der Waals surface area contributed by atoms with Crippen molar-refractivity contribution in [2.45, 2.75) is 39.7 Å². The molecule has 0 aliphatic rings. The molecule has 0 fully saturated rings. The second kappa shape index (κ2) is 14.9. The smallest absolute Gasteiger partial charge is 0.191 e. The van der Waals surface area contributed by atoms with Crippen molar-refractivity contribution in [3.8, 4) is 0 Å². The minimum atomic E-state index is 0. The Bertz CT molecular complexity index is 455. The number of thiazole rings is 1. The van der Waals surface area contributed by atoms with Gasteiger partial charge in [-0.25, -0.2) is 9.98 Å². The van der Waals surface area contributed by atoms with Crippen LogP contribution in [0.1, 0.15) is 43.8 Å². The fourth-order valence-electron chi connectivity index (χ4n) is 1.78. The van der Waals surface area contributed by atoms with Crippen LogP contribution in [0, 0.1) is 0 Å². The predicted molar refractivity (Wildman–Crippen MR) is 112 cm³/mol. The second-order valence-corrected chi connectivity index (χ2v) is 6.34. The van der Waals surface area contributed by atoms with Gasteiger partial charge in [-0.2, -0.15) is 0 Å². The highest BCUT2D eigenvalue weighted by Crippen LogP contribution is 2.18. The first-order chi connectivity index (χ1) is 11.2. The average molecular weight is 470 g/mol. The van der Waals surface area contributed by atoms with E-state index in [4.69, 9.17) is 9.47 Å². The van der Waals surface area contributed by atoms with E-state index in [-0.39, 0.29) is 24.0 Å². The van der Waals surface area contributed by atoms with E-state index in [0.29, 0.717) is 25.7 Å². The Labute approximate surface area is 166 Å². The van der Waals surface area contributed by atoms with Crippen LogP contribution in [0.15, 0.2) is 10.4 Å². The predicted octanol–water partition coefficient (Wildman–Crippen LogP) is 2.99. The highest BCUT2D eigenvalue weighted by molar-refractivity contribution is 14.0. The lowest BCUT2D eigenvalue weighted by molar-refractivity contribution is 0.0698. The Balaban J connectivity index is 0.00000529. The van der Waals surface area contributed by atoms with Crippen molar-refractivity contribution in [2.24, 2.45) is 4.99 Å². The van der Waals surface area contributed by atoms with Crippen LogP contribution >= 0.6 is 35.3 Å². The third-order valence-corrected chi connectivity index (χ3v) is 3.92. The summed E-state index contributed by atoms with van der Waals surface area (Å²) in [4.78, 5) is 9.19. The van der Waals surface area contributed by atoms with E-state index >= 15 is 0 Å². The highest BCUT2D eigenvalue weighted by Gasteiger charge is 2.05. The molecule has 2 N–H and O–H groups in total. The molecule has 0 atom stereocenters. The maximum Gasteiger partial charge on any atom is 0.191 e. The summed E-state index contributed by atoms with van der Waals surface area (Å²) in [6.07, 6.45) is 0.933. The number of halogens is 1. The van der Waals surface area contributed by atoms with Gasteiger partial charge in [-0.15, -0.1) is 35.3 Å². The van der Waals surface area contributed by atoms with Gasteiger partial charge in [-0.05, 0) is 19.3 Å². The monoisotopic (exact) mass is 470 g/mol. The number of ether oxygens (including phenoxy) is 2. The molecule has 1 aromatic heterocycles. The Hall–Kier alpha value is -0.450. The zero-order chi connectivity index (χ0) is 16.9. The van der Waals surface area contributed by atoms with Gasteiger partial charge < -0.3 is 20.1 Å². The quantitative estimate of drug-likeness (QED) is 0.225. The summed E-state index contributed by atoms with van der Waals surface area (Å²) >= 11 is 1.67. The molecule has 0 radical (unpaired) electrons. The maximum absolute atomic E-state index is 5.44. The van der Waals surface area contributed by atoms with Gasteiger partial charge in [0, 0.05) is 32.2 Å². The van der Waals surface area contributed by atoms with Gasteiger partial charge in [0.1, 0.15) is 5.01 Å². The van der Waals surface area contributed by atoms with E-state index in [0.717, 1.165) is 42.8 Å². The second-order valence-electron chi connectivity index (χ2n) is 5.40. The number of nitrogens with one attached hydrogen (secondary N) is 2. The van der Waals surface area contributed by atoms with Gasteiger partial charge in [0.25, 0.3) is 0 Å². The maximum atomic E-state index is 5.44.